The van der Waals surface area contributed by atoms with Gasteiger partial charge >= 0.3 is 0 Å². The Morgan fingerprint density at radius 3 is 2.50 bits per heavy atom. The zero-order valence-corrected chi connectivity index (χ0v) is 13.4. The van der Waals surface area contributed by atoms with Crippen LogP contribution in [0, 0.1) is 18.8 Å². The lowest BCUT2D eigenvalue weighted by Gasteiger charge is -2.01. The smallest absolute Gasteiger partial charge is 0.125 e. The molecule has 120 valence electrons. The van der Waals surface area contributed by atoms with Crippen molar-refractivity contribution in [2.45, 2.75) is 13.5 Å². The summed E-state index contributed by atoms with van der Waals surface area (Å²) in [6, 6.07) is 15.0. The molecule has 0 unspecified atom stereocenters. The van der Waals surface area contributed by atoms with Crippen LogP contribution in [0.2, 0.25) is 0 Å². The van der Waals surface area contributed by atoms with Gasteiger partial charge in [0.1, 0.15) is 11.4 Å². The maximum atomic E-state index is 10.1. The van der Waals surface area contributed by atoms with Crippen LogP contribution in [0.15, 0.2) is 54.7 Å². The van der Waals surface area contributed by atoms with E-state index in [0.29, 0.717) is 23.4 Å². The van der Waals surface area contributed by atoms with Gasteiger partial charge < -0.3 is 10.2 Å². The number of phenols is 1. The van der Waals surface area contributed by atoms with Crippen molar-refractivity contribution in [2.24, 2.45) is 0 Å². The lowest BCUT2D eigenvalue weighted by Crippen LogP contribution is -2.02. The third kappa shape index (κ3) is 3.48. The van der Waals surface area contributed by atoms with Crippen LogP contribution in [-0.2, 0) is 6.54 Å². The molecule has 3 aromatic rings. The van der Waals surface area contributed by atoms with E-state index in [1.807, 2.05) is 37.3 Å². The number of hydrogen-bond donors (Lipinski definition) is 2. The Kier molecular flexibility index (Phi) is 4.64. The SMILES string of the molecule is Cc1ccc(C#Cc2cn(CCO)nc2-c2ccccc2O)cc1. The molecular weight excluding hydrogens is 300 g/mol. The second-order valence-electron chi connectivity index (χ2n) is 5.51. The summed E-state index contributed by atoms with van der Waals surface area (Å²) >= 11 is 0. The van der Waals surface area contributed by atoms with Gasteiger partial charge in [0.2, 0.25) is 0 Å². The van der Waals surface area contributed by atoms with Gasteiger partial charge in [0.15, 0.2) is 0 Å². The van der Waals surface area contributed by atoms with E-state index >= 15 is 0 Å². The highest BCUT2D eigenvalue weighted by Gasteiger charge is 2.12. The summed E-state index contributed by atoms with van der Waals surface area (Å²) in [4.78, 5) is 0. The molecular formula is C20H18N2O2. The fraction of sp³-hybridized carbons (Fsp3) is 0.150. The Morgan fingerprint density at radius 2 is 1.79 bits per heavy atom. The summed E-state index contributed by atoms with van der Waals surface area (Å²) in [7, 11) is 0. The maximum Gasteiger partial charge on any atom is 0.125 e. The third-order valence-electron chi connectivity index (χ3n) is 3.64. The maximum absolute atomic E-state index is 10.1. The highest BCUT2D eigenvalue weighted by Crippen LogP contribution is 2.29. The minimum atomic E-state index is -0.00722. The number of aromatic nitrogens is 2. The molecule has 2 aromatic carbocycles. The van der Waals surface area contributed by atoms with E-state index in [2.05, 4.69) is 16.9 Å². The third-order valence-corrected chi connectivity index (χ3v) is 3.64. The number of rotatable bonds is 3. The number of nitrogens with zero attached hydrogens (tertiary/aromatic N) is 2. The first-order valence-electron chi connectivity index (χ1n) is 7.73. The van der Waals surface area contributed by atoms with Gasteiger partial charge in [0.25, 0.3) is 0 Å². The van der Waals surface area contributed by atoms with Crippen LogP contribution in [0.3, 0.4) is 0 Å². The van der Waals surface area contributed by atoms with E-state index in [0.717, 1.165) is 5.56 Å². The Hall–Kier alpha value is -3.03. The number of phenolic OH excluding ortho intramolecular Hbond substituents is 1. The first-order valence-corrected chi connectivity index (χ1v) is 7.73. The van der Waals surface area contributed by atoms with Gasteiger partial charge in [-0.1, -0.05) is 41.7 Å². The highest BCUT2D eigenvalue weighted by molar-refractivity contribution is 5.72. The lowest BCUT2D eigenvalue weighted by atomic mass is 10.1. The van der Waals surface area contributed by atoms with Crippen molar-refractivity contribution in [2.75, 3.05) is 6.61 Å². The van der Waals surface area contributed by atoms with Gasteiger partial charge in [0, 0.05) is 17.3 Å². The number of aromatic hydroxyl groups is 1. The van der Waals surface area contributed by atoms with Gasteiger partial charge in [-0.05, 0) is 31.2 Å². The Morgan fingerprint density at radius 1 is 1.04 bits per heavy atom. The number of aliphatic hydroxyl groups excluding tert-OH is 1. The van der Waals surface area contributed by atoms with Crippen molar-refractivity contribution in [3.63, 3.8) is 0 Å². The molecule has 0 atom stereocenters. The molecule has 24 heavy (non-hydrogen) atoms. The average Bonchev–Trinajstić information content (AvgIpc) is 2.98. The van der Waals surface area contributed by atoms with E-state index in [9.17, 15) is 5.11 Å². The molecule has 0 aliphatic rings. The summed E-state index contributed by atoms with van der Waals surface area (Å²) < 4.78 is 1.64. The van der Waals surface area contributed by atoms with Gasteiger partial charge in [-0.3, -0.25) is 4.68 Å². The second-order valence-corrected chi connectivity index (χ2v) is 5.51. The summed E-state index contributed by atoms with van der Waals surface area (Å²) in [5.41, 5.74) is 4.05. The molecule has 0 bridgehead atoms. The van der Waals surface area contributed by atoms with Crippen LogP contribution in [0.1, 0.15) is 16.7 Å². The Labute approximate surface area is 141 Å². The van der Waals surface area contributed by atoms with E-state index in [-0.39, 0.29) is 12.4 Å². The van der Waals surface area contributed by atoms with Gasteiger partial charge in [-0.2, -0.15) is 5.10 Å². The van der Waals surface area contributed by atoms with Crippen molar-refractivity contribution in [1.29, 1.82) is 0 Å². The van der Waals surface area contributed by atoms with Crippen molar-refractivity contribution < 1.29 is 10.2 Å². The molecule has 0 aliphatic heterocycles. The summed E-state index contributed by atoms with van der Waals surface area (Å²) in [6.45, 7) is 2.41. The molecule has 0 saturated carbocycles. The van der Waals surface area contributed by atoms with Gasteiger partial charge in [-0.15, -0.1) is 0 Å². The van der Waals surface area contributed by atoms with Crippen molar-refractivity contribution in [1.82, 2.24) is 9.78 Å². The van der Waals surface area contributed by atoms with E-state index in [1.165, 1.54) is 5.56 Å². The number of aryl methyl sites for hydroxylation is 1. The molecule has 0 radical (unpaired) electrons. The monoisotopic (exact) mass is 318 g/mol. The number of aliphatic hydroxyl groups is 1. The standard InChI is InChI=1S/C20H18N2O2/c1-15-6-8-16(9-7-15)10-11-17-14-22(12-13-23)21-20(17)18-4-2-3-5-19(18)24/h2-9,14,23-24H,12-13H2,1H3. The molecule has 0 spiro atoms. The number of para-hydroxylation sites is 1. The summed E-state index contributed by atoms with van der Waals surface area (Å²) in [5.74, 6) is 6.41. The largest absolute Gasteiger partial charge is 0.507 e. The molecule has 4 heteroatoms. The number of hydrogen-bond acceptors (Lipinski definition) is 3. The van der Waals surface area contributed by atoms with Crippen LogP contribution in [-0.4, -0.2) is 26.6 Å². The molecule has 4 nitrogen and oxygen atoms in total. The molecule has 2 N–H and O–H groups in total. The lowest BCUT2D eigenvalue weighted by molar-refractivity contribution is 0.269. The van der Waals surface area contributed by atoms with Crippen molar-refractivity contribution >= 4 is 0 Å². The molecule has 0 amide bonds. The fourth-order valence-corrected chi connectivity index (χ4v) is 2.38. The van der Waals surface area contributed by atoms with Crippen LogP contribution >= 0.6 is 0 Å². The fourth-order valence-electron chi connectivity index (χ4n) is 2.38. The minimum absolute atomic E-state index is 0.00722. The van der Waals surface area contributed by atoms with Gasteiger partial charge in [-0.25, -0.2) is 0 Å². The van der Waals surface area contributed by atoms with Crippen LogP contribution < -0.4 is 0 Å². The summed E-state index contributed by atoms with van der Waals surface area (Å²) in [6.07, 6.45) is 1.79. The molecule has 0 saturated heterocycles. The predicted octanol–water partition coefficient (Wildman–Crippen LogP) is 2.96. The van der Waals surface area contributed by atoms with Crippen LogP contribution in [0.25, 0.3) is 11.3 Å². The number of benzene rings is 2. The molecule has 0 fully saturated rings. The second kappa shape index (κ2) is 7.03. The van der Waals surface area contributed by atoms with Crippen molar-refractivity contribution in [3.8, 4) is 28.8 Å². The zero-order valence-electron chi connectivity index (χ0n) is 13.4. The average molecular weight is 318 g/mol. The Balaban J connectivity index is 2.04. The first kappa shape index (κ1) is 15.9. The predicted molar refractivity (Wildman–Crippen MR) is 93.6 cm³/mol. The molecule has 3 rings (SSSR count). The van der Waals surface area contributed by atoms with E-state index in [4.69, 9.17) is 5.11 Å². The topological polar surface area (TPSA) is 58.3 Å². The molecule has 1 aromatic heterocycles. The van der Waals surface area contributed by atoms with Crippen LogP contribution in [0.4, 0.5) is 0 Å². The molecule has 1 heterocycles. The summed E-state index contributed by atoms with van der Waals surface area (Å²) in [5, 5.41) is 23.7. The normalized spacial score (nSPS) is 10.2. The Bertz CT molecular complexity index is 899. The van der Waals surface area contributed by atoms with Gasteiger partial charge in [0.05, 0.1) is 18.7 Å². The van der Waals surface area contributed by atoms with Crippen LogP contribution in [0.5, 0.6) is 5.75 Å². The minimum Gasteiger partial charge on any atom is -0.507 e. The first-order chi connectivity index (χ1) is 11.7. The van der Waals surface area contributed by atoms with Crippen molar-refractivity contribution in [3.05, 3.63) is 71.4 Å². The highest BCUT2D eigenvalue weighted by atomic mass is 16.3. The van der Waals surface area contributed by atoms with E-state index in [1.54, 1.807) is 29.1 Å². The zero-order chi connectivity index (χ0) is 16.9. The molecule has 0 aliphatic carbocycles. The van der Waals surface area contributed by atoms with E-state index < -0.39 is 0 Å². The quantitative estimate of drug-likeness (QED) is 0.730.